The zero-order valence-electron chi connectivity index (χ0n) is 10.3. The minimum absolute atomic E-state index is 0.0503. The standard InChI is InChI=1S/C12H24O3/c1-4-5-6-7-8-9-14-10-12(13)15-11(2)3/h11H,4-10H2,1-3H3. The lowest BCUT2D eigenvalue weighted by Gasteiger charge is -2.08. The van der Waals surface area contributed by atoms with Gasteiger partial charge in [0.15, 0.2) is 0 Å². The van der Waals surface area contributed by atoms with E-state index in [4.69, 9.17) is 9.47 Å². The Morgan fingerprint density at radius 2 is 1.80 bits per heavy atom. The van der Waals surface area contributed by atoms with Gasteiger partial charge in [0.1, 0.15) is 6.61 Å². The minimum atomic E-state index is -0.265. The van der Waals surface area contributed by atoms with Crippen molar-refractivity contribution in [3.8, 4) is 0 Å². The highest BCUT2D eigenvalue weighted by molar-refractivity contribution is 5.70. The summed E-state index contributed by atoms with van der Waals surface area (Å²) in [5.41, 5.74) is 0. The van der Waals surface area contributed by atoms with Gasteiger partial charge in [0, 0.05) is 6.61 Å². The molecule has 0 aromatic rings. The lowest BCUT2D eigenvalue weighted by atomic mass is 10.2. The molecule has 0 aliphatic carbocycles. The van der Waals surface area contributed by atoms with Crippen LogP contribution in [0.4, 0.5) is 0 Å². The van der Waals surface area contributed by atoms with Crippen molar-refractivity contribution >= 4 is 5.97 Å². The predicted octanol–water partition coefficient (Wildman–Crippen LogP) is 2.93. The van der Waals surface area contributed by atoms with Gasteiger partial charge in [-0.1, -0.05) is 32.6 Å². The highest BCUT2D eigenvalue weighted by Gasteiger charge is 2.04. The van der Waals surface area contributed by atoms with Crippen molar-refractivity contribution in [2.45, 2.75) is 59.0 Å². The Hall–Kier alpha value is -0.570. The molecule has 0 saturated carbocycles. The number of ether oxygens (including phenoxy) is 2. The molecular weight excluding hydrogens is 192 g/mol. The van der Waals surface area contributed by atoms with Crippen LogP contribution in [0.25, 0.3) is 0 Å². The first kappa shape index (κ1) is 14.4. The molecule has 0 rings (SSSR count). The maximum Gasteiger partial charge on any atom is 0.332 e. The second-order valence-corrected chi connectivity index (χ2v) is 4.01. The van der Waals surface area contributed by atoms with Crippen LogP contribution >= 0.6 is 0 Å². The van der Waals surface area contributed by atoms with Gasteiger partial charge in [-0.05, 0) is 20.3 Å². The van der Waals surface area contributed by atoms with Crippen molar-refractivity contribution in [1.82, 2.24) is 0 Å². The third kappa shape index (κ3) is 11.4. The van der Waals surface area contributed by atoms with Gasteiger partial charge in [0.05, 0.1) is 6.10 Å². The molecule has 3 nitrogen and oxygen atoms in total. The van der Waals surface area contributed by atoms with Gasteiger partial charge in [0.25, 0.3) is 0 Å². The largest absolute Gasteiger partial charge is 0.461 e. The Kier molecular flexibility index (Phi) is 9.59. The summed E-state index contributed by atoms with van der Waals surface area (Å²) in [6, 6.07) is 0. The van der Waals surface area contributed by atoms with Crippen molar-refractivity contribution in [1.29, 1.82) is 0 Å². The molecule has 0 aromatic carbocycles. The predicted molar refractivity (Wildman–Crippen MR) is 60.8 cm³/mol. The van der Waals surface area contributed by atoms with E-state index in [0.29, 0.717) is 6.61 Å². The van der Waals surface area contributed by atoms with Crippen LogP contribution in [0.2, 0.25) is 0 Å². The smallest absolute Gasteiger partial charge is 0.332 e. The average Bonchev–Trinajstić information content (AvgIpc) is 2.15. The van der Waals surface area contributed by atoms with E-state index >= 15 is 0 Å². The van der Waals surface area contributed by atoms with Crippen molar-refractivity contribution in [2.75, 3.05) is 13.2 Å². The summed E-state index contributed by atoms with van der Waals surface area (Å²) >= 11 is 0. The SMILES string of the molecule is CCCCCCCOCC(=O)OC(C)C. The van der Waals surface area contributed by atoms with Crippen LogP contribution in [0.5, 0.6) is 0 Å². The molecule has 0 unspecified atom stereocenters. The zero-order chi connectivity index (χ0) is 11.5. The second-order valence-electron chi connectivity index (χ2n) is 4.01. The fourth-order valence-electron chi connectivity index (χ4n) is 1.26. The van der Waals surface area contributed by atoms with Crippen LogP contribution in [0.3, 0.4) is 0 Å². The number of esters is 1. The van der Waals surface area contributed by atoms with Crippen molar-refractivity contribution < 1.29 is 14.3 Å². The van der Waals surface area contributed by atoms with E-state index < -0.39 is 0 Å². The molecule has 90 valence electrons. The van der Waals surface area contributed by atoms with E-state index in [1.807, 2.05) is 13.8 Å². The van der Waals surface area contributed by atoms with Crippen LogP contribution in [-0.4, -0.2) is 25.3 Å². The summed E-state index contributed by atoms with van der Waals surface area (Å²) in [7, 11) is 0. The van der Waals surface area contributed by atoms with Gasteiger partial charge in [0.2, 0.25) is 0 Å². The molecule has 0 amide bonds. The molecule has 15 heavy (non-hydrogen) atoms. The molecular formula is C12H24O3. The number of carbonyl (C=O) groups excluding carboxylic acids is 1. The molecule has 0 atom stereocenters. The van der Waals surface area contributed by atoms with Crippen LogP contribution in [0, 0.1) is 0 Å². The quantitative estimate of drug-likeness (QED) is 0.439. The Morgan fingerprint density at radius 1 is 1.13 bits per heavy atom. The first-order valence-electron chi connectivity index (χ1n) is 5.94. The van der Waals surface area contributed by atoms with Crippen molar-refractivity contribution in [2.24, 2.45) is 0 Å². The minimum Gasteiger partial charge on any atom is -0.461 e. The van der Waals surface area contributed by atoms with Gasteiger partial charge >= 0.3 is 5.97 Å². The fourth-order valence-corrected chi connectivity index (χ4v) is 1.26. The van der Waals surface area contributed by atoms with Crippen LogP contribution < -0.4 is 0 Å². The molecule has 0 radical (unpaired) electrons. The van der Waals surface area contributed by atoms with Gasteiger partial charge in [-0.2, -0.15) is 0 Å². The van der Waals surface area contributed by atoms with Gasteiger partial charge < -0.3 is 9.47 Å². The third-order valence-corrected chi connectivity index (χ3v) is 1.98. The lowest BCUT2D eigenvalue weighted by Crippen LogP contribution is -2.17. The van der Waals surface area contributed by atoms with Crippen molar-refractivity contribution in [3.05, 3.63) is 0 Å². The second kappa shape index (κ2) is 9.97. The van der Waals surface area contributed by atoms with Crippen molar-refractivity contribution in [3.63, 3.8) is 0 Å². The molecule has 0 N–H and O–H groups in total. The number of hydrogen-bond acceptors (Lipinski definition) is 3. The highest BCUT2D eigenvalue weighted by Crippen LogP contribution is 2.02. The topological polar surface area (TPSA) is 35.5 Å². The molecule has 0 aliphatic heterocycles. The van der Waals surface area contributed by atoms with E-state index in [2.05, 4.69) is 6.92 Å². The number of hydrogen-bond donors (Lipinski definition) is 0. The molecule has 0 aliphatic rings. The summed E-state index contributed by atoms with van der Waals surface area (Å²) in [4.78, 5) is 11.0. The average molecular weight is 216 g/mol. The van der Waals surface area contributed by atoms with Gasteiger partial charge in [-0.3, -0.25) is 0 Å². The summed E-state index contributed by atoms with van der Waals surface area (Å²) < 4.78 is 10.1. The Morgan fingerprint density at radius 3 is 2.40 bits per heavy atom. The first-order valence-corrected chi connectivity index (χ1v) is 5.94. The van der Waals surface area contributed by atoms with Gasteiger partial charge in [-0.15, -0.1) is 0 Å². The Labute approximate surface area is 93.1 Å². The molecule has 0 saturated heterocycles. The maximum atomic E-state index is 11.0. The number of rotatable bonds is 9. The third-order valence-electron chi connectivity index (χ3n) is 1.98. The number of unbranched alkanes of at least 4 members (excludes halogenated alkanes) is 4. The highest BCUT2D eigenvalue weighted by atomic mass is 16.6. The van der Waals surface area contributed by atoms with Gasteiger partial charge in [-0.25, -0.2) is 4.79 Å². The molecule has 3 heteroatoms. The van der Waals surface area contributed by atoms with E-state index in [1.165, 1.54) is 25.7 Å². The fraction of sp³-hybridized carbons (Fsp3) is 0.917. The monoisotopic (exact) mass is 216 g/mol. The molecule has 0 bridgehead atoms. The molecule has 0 heterocycles. The molecule has 0 aromatic heterocycles. The lowest BCUT2D eigenvalue weighted by molar-refractivity contribution is -0.152. The zero-order valence-corrected chi connectivity index (χ0v) is 10.3. The Balaban J connectivity index is 3.13. The van der Waals surface area contributed by atoms with E-state index in [1.54, 1.807) is 0 Å². The van der Waals surface area contributed by atoms with E-state index in [0.717, 1.165) is 6.42 Å². The first-order chi connectivity index (χ1) is 7.16. The number of carbonyl (C=O) groups is 1. The van der Waals surface area contributed by atoms with Crippen LogP contribution in [-0.2, 0) is 14.3 Å². The molecule has 0 fully saturated rings. The summed E-state index contributed by atoms with van der Waals surface area (Å²) in [5, 5.41) is 0. The van der Waals surface area contributed by atoms with Crippen LogP contribution in [0.1, 0.15) is 52.9 Å². The normalized spacial score (nSPS) is 10.7. The summed E-state index contributed by atoms with van der Waals surface area (Å²) in [5.74, 6) is -0.265. The molecule has 0 spiro atoms. The van der Waals surface area contributed by atoms with E-state index in [9.17, 15) is 4.79 Å². The van der Waals surface area contributed by atoms with Crippen LogP contribution in [0.15, 0.2) is 0 Å². The van der Waals surface area contributed by atoms with E-state index in [-0.39, 0.29) is 18.7 Å². The summed E-state index contributed by atoms with van der Waals surface area (Å²) in [6.45, 7) is 6.62. The Bertz CT molecular complexity index is 155. The maximum absolute atomic E-state index is 11.0. The summed E-state index contributed by atoms with van der Waals surface area (Å²) in [6.07, 6.45) is 5.97.